The molecular weight excluding hydrogens is 496 g/mol. The van der Waals surface area contributed by atoms with Crippen LogP contribution in [0.1, 0.15) is 46.8 Å². The lowest BCUT2D eigenvalue weighted by molar-refractivity contribution is -0.385. The Bertz CT molecular complexity index is 1470. The average Bonchev–Trinajstić information content (AvgIpc) is 3.29. The van der Waals surface area contributed by atoms with Crippen molar-refractivity contribution in [2.24, 2.45) is 11.0 Å². The molecule has 10 heteroatoms. The first-order valence-electron chi connectivity index (χ1n) is 11.7. The summed E-state index contributed by atoms with van der Waals surface area (Å²) in [5.74, 6) is -0.526. The van der Waals surface area contributed by atoms with Gasteiger partial charge in [-0.1, -0.05) is 35.9 Å². The van der Waals surface area contributed by atoms with Crippen molar-refractivity contribution in [1.82, 2.24) is 5.01 Å². The molecule has 2 aliphatic rings. The fourth-order valence-electron chi connectivity index (χ4n) is 4.98. The molecule has 3 aromatic carbocycles. The van der Waals surface area contributed by atoms with Crippen molar-refractivity contribution in [1.29, 1.82) is 0 Å². The van der Waals surface area contributed by atoms with Crippen LogP contribution in [-0.4, -0.2) is 26.5 Å². The second-order valence-electron chi connectivity index (χ2n) is 8.96. The Balaban J connectivity index is 1.59. The highest BCUT2D eigenvalue weighted by atomic mass is 35.5. The third kappa shape index (κ3) is 4.85. The Kier molecular flexibility index (Phi) is 6.54. The predicted octanol–water partition coefficient (Wildman–Crippen LogP) is 6.59. The highest BCUT2D eigenvalue weighted by Crippen LogP contribution is 2.45. The van der Waals surface area contributed by atoms with Gasteiger partial charge in [0.05, 0.1) is 21.6 Å². The van der Waals surface area contributed by atoms with Crippen molar-refractivity contribution in [3.63, 3.8) is 0 Å². The molecule has 1 saturated carbocycles. The van der Waals surface area contributed by atoms with E-state index in [2.05, 4.69) is 0 Å². The molecule has 2 atom stereocenters. The van der Waals surface area contributed by atoms with E-state index >= 15 is 0 Å². The zero-order valence-corrected chi connectivity index (χ0v) is 20.2. The zero-order chi connectivity index (χ0) is 26.1. The number of fused-ring (bicyclic) bond motifs is 1. The average molecular weight is 517 g/mol. The lowest BCUT2D eigenvalue weighted by Crippen LogP contribution is -2.32. The fraction of sp³-hybridized carbons (Fsp3) is 0.185. The topological polar surface area (TPSA) is 119 Å². The molecule has 2 unspecified atom stereocenters. The zero-order valence-electron chi connectivity index (χ0n) is 19.5. The van der Waals surface area contributed by atoms with Crippen molar-refractivity contribution >= 4 is 40.7 Å². The van der Waals surface area contributed by atoms with E-state index in [9.17, 15) is 25.0 Å². The van der Waals surface area contributed by atoms with Gasteiger partial charge in [0.25, 0.3) is 17.3 Å². The molecule has 1 amide bonds. The van der Waals surface area contributed by atoms with Gasteiger partial charge < -0.3 is 0 Å². The van der Waals surface area contributed by atoms with E-state index in [-0.39, 0.29) is 23.2 Å². The number of hydrogen-bond donors (Lipinski definition) is 0. The molecule has 5 rings (SSSR count). The van der Waals surface area contributed by atoms with Gasteiger partial charge in [-0.05, 0) is 66.3 Å². The van der Waals surface area contributed by atoms with Crippen LogP contribution >= 0.6 is 11.6 Å². The van der Waals surface area contributed by atoms with Crippen LogP contribution in [0.25, 0.3) is 6.08 Å². The van der Waals surface area contributed by atoms with Gasteiger partial charge in [-0.25, -0.2) is 5.01 Å². The summed E-state index contributed by atoms with van der Waals surface area (Å²) in [6, 6.07) is 18.6. The number of allylic oxidation sites excluding steroid dienone is 1. The molecule has 0 spiro atoms. The smallest absolute Gasteiger partial charge is 0.267 e. The minimum atomic E-state index is -0.535. The lowest BCUT2D eigenvalue weighted by Gasteiger charge is -2.29. The van der Waals surface area contributed by atoms with E-state index in [1.54, 1.807) is 48.5 Å². The van der Waals surface area contributed by atoms with Gasteiger partial charge in [0.2, 0.25) is 0 Å². The first kappa shape index (κ1) is 24.3. The summed E-state index contributed by atoms with van der Waals surface area (Å²) in [5, 5.41) is 29.4. The number of hydrogen-bond acceptors (Lipinski definition) is 6. The summed E-state index contributed by atoms with van der Waals surface area (Å²) < 4.78 is 0. The Morgan fingerprint density at radius 3 is 2.35 bits per heavy atom. The summed E-state index contributed by atoms with van der Waals surface area (Å²) in [4.78, 5) is 35.5. The van der Waals surface area contributed by atoms with Gasteiger partial charge in [0.15, 0.2) is 0 Å². The van der Waals surface area contributed by atoms with Crippen LogP contribution in [0.5, 0.6) is 0 Å². The van der Waals surface area contributed by atoms with Crippen LogP contribution in [0.2, 0.25) is 5.02 Å². The number of non-ortho nitro benzene ring substituents is 2. The molecule has 0 saturated heterocycles. The Hall–Kier alpha value is -4.37. The van der Waals surface area contributed by atoms with Crippen molar-refractivity contribution in [2.75, 3.05) is 0 Å². The predicted molar refractivity (Wildman–Crippen MR) is 139 cm³/mol. The quantitative estimate of drug-likeness (QED) is 0.280. The molecule has 1 aliphatic carbocycles. The highest BCUT2D eigenvalue weighted by molar-refractivity contribution is 6.30. The van der Waals surface area contributed by atoms with Crippen LogP contribution in [-0.2, 0) is 0 Å². The first-order valence-corrected chi connectivity index (χ1v) is 12.1. The number of nitrogens with zero attached hydrogens (tertiary/aromatic N) is 4. The van der Waals surface area contributed by atoms with Gasteiger partial charge >= 0.3 is 0 Å². The van der Waals surface area contributed by atoms with Gasteiger partial charge in [0.1, 0.15) is 0 Å². The Morgan fingerprint density at radius 2 is 1.65 bits per heavy atom. The number of amides is 1. The van der Waals surface area contributed by atoms with Crippen molar-refractivity contribution < 1.29 is 14.6 Å². The van der Waals surface area contributed by atoms with Crippen LogP contribution in [0.15, 0.2) is 83.5 Å². The van der Waals surface area contributed by atoms with Crippen LogP contribution in [0.3, 0.4) is 0 Å². The van der Waals surface area contributed by atoms with Crippen molar-refractivity contribution in [3.05, 3.63) is 120 Å². The molecular formula is C27H21ClN4O5. The molecule has 0 N–H and O–H groups in total. The fourth-order valence-corrected chi connectivity index (χ4v) is 5.10. The Labute approximate surface area is 217 Å². The lowest BCUT2D eigenvalue weighted by atomic mass is 9.77. The number of benzene rings is 3. The molecule has 37 heavy (non-hydrogen) atoms. The number of nitro benzene ring substituents is 2. The molecule has 0 aromatic heterocycles. The monoisotopic (exact) mass is 516 g/mol. The van der Waals surface area contributed by atoms with E-state index in [0.717, 1.165) is 24.1 Å². The summed E-state index contributed by atoms with van der Waals surface area (Å²) in [6.45, 7) is 0. The number of hydrazone groups is 1. The van der Waals surface area contributed by atoms with E-state index in [1.165, 1.54) is 29.3 Å². The van der Waals surface area contributed by atoms with Gasteiger partial charge in [-0.15, -0.1) is 0 Å². The molecule has 0 radical (unpaired) electrons. The second kappa shape index (κ2) is 9.94. The summed E-state index contributed by atoms with van der Waals surface area (Å²) in [6.07, 6.45) is 4.13. The largest absolute Gasteiger partial charge is 0.274 e. The van der Waals surface area contributed by atoms with Crippen molar-refractivity contribution in [2.45, 2.75) is 25.3 Å². The van der Waals surface area contributed by atoms with Gasteiger partial charge in [0, 0.05) is 40.8 Å². The number of rotatable bonds is 5. The number of carbonyl (C=O) groups is 1. The molecule has 0 bridgehead atoms. The minimum absolute atomic E-state index is 0.0101. The second-order valence-corrected chi connectivity index (χ2v) is 9.40. The Morgan fingerprint density at radius 1 is 0.973 bits per heavy atom. The number of nitro groups is 2. The van der Waals surface area contributed by atoms with E-state index in [1.807, 2.05) is 6.08 Å². The molecule has 1 heterocycles. The highest BCUT2D eigenvalue weighted by Gasteiger charge is 2.44. The number of halogens is 1. The maximum absolute atomic E-state index is 13.6. The van der Waals surface area contributed by atoms with E-state index < -0.39 is 15.9 Å². The molecule has 186 valence electrons. The summed E-state index contributed by atoms with van der Waals surface area (Å²) in [5.41, 5.74) is 3.22. The molecule has 1 aliphatic heterocycles. The van der Waals surface area contributed by atoms with Gasteiger partial charge in [-0.2, -0.15) is 5.10 Å². The summed E-state index contributed by atoms with van der Waals surface area (Å²) in [7, 11) is 0. The summed E-state index contributed by atoms with van der Waals surface area (Å²) >= 11 is 6.01. The third-order valence-electron chi connectivity index (χ3n) is 6.65. The van der Waals surface area contributed by atoms with E-state index in [4.69, 9.17) is 16.7 Å². The minimum Gasteiger partial charge on any atom is -0.267 e. The third-order valence-corrected chi connectivity index (χ3v) is 6.90. The van der Waals surface area contributed by atoms with Crippen LogP contribution in [0, 0.1) is 26.1 Å². The molecule has 9 nitrogen and oxygen atoms in total. The maximum atomic E-state index is 13.6. The first-order chi connectivity index (χ1) is 17.8. The van der Waals surface area contributed by atoms with Crippen LogP contribution in [0.4, 0.5) is 11.4 Å². The SMILES string of the molecule is O=C(c1ccc(Cl)cc1)N1N=C2/C(=C/c3cccc([N+](=O)[O-])c3)CCCC2C1c1cccc([N+](=O)[O-])c1. The standard InChI is InChI=1S/C27H21ClN4O5/c28-21-12-10-18(11-13-21)27(33)30-26(20-6-2-8-23(16-20)32(36)37)24-9-3-5-19(25(24)29-30)14-17-4-1-7-22(15-17)31(34)35/h1-2,4,6-8,10-16,24,26H,3,5,9H2/b19-14+. The number of carbonyl (C=O) groups excluding carboxylic acids is 1. The van der Waals surface area contributed by atoms with Gasteiger partial charge in [-0.3, -0.25) is 25.0 Å². The normalized spacial score (nSPS) is 19.9. The van der Waals surface area contributed by atoms with E-state index in [0.29, 0.717) is 28.1 Å². The van der Waals surface area contributed by atoms with Crippen molar-refractivity contribution in [3.8, 4) is 0 Å². The van der Waals surface area contributed by atoms with Crippen LogP contribution < -0.4 is 0 Å². The molecule has 1 fully saturated rings. The maximum Gasteiger partial charge on any atom is 0.274 e. The molecule has 3 aromatic rings.